The maximum absolute atomic E-state index is 6.09. The average Bonchev–Trinajstić information content (AvgIpc) is 3.46. The van der Waals surface area contributed by atoms with E-state index in [1.165, 1.54) is 28.1 Å². The van der Waals surface area contributed by atoms with E-state index in [4.69, 9.17) is 21.9 Å². The van der Waals surface area contributed by atoms with Crippen LogP contribution in [0.2, 0.25) is 0 Å². The number of thiocarbonyl (C=S) groups is 1. The molecule has 1 fully saturated rings. The van der Waals surface area contributed by atoms with Gasteiger partial charge in [0.2, 0.25) is 0 Å². The Balaban J connectivity index is 1.37. The van der Waals surface area contributed by atoms with Crippen LogP contribution in [0.1, 0.15) is 45.9 Å². The molecule has 0 saturated carbocycles. The lowest BCUT2D eigenvalue weighted by Crippen LogP contribution is -2.29. The van der Waals surface area contributed by atoms with Gasteiger partial charge in [-0.3, -0.25) is 9.97 Å². The van der Waals surface area contributed by atoms with Crippen molar-refractivity contribution < 1.29 is 4.74 Å². The molecule has 3 aromatic heterocycles. The van der Waals surface area contributed by atoms with E-state index in [-0.39, 0.29) is 12.1 Å². The smallest absolute Gasteiger partial charge is 0.174 e. The lowest BCUT2D eigenvalue weighted by molar-refractivity contribution is 0.482. The summed E-state index contributed by atoms with van der Waals surface area (Å²) in [7, 11) is 0. The lowest BCUT2D eigenvalue weighted by Gasteiger charge is -2.28. The van der Waals surface area contributed by atoms with E-state index in [0.717, 1.165) is 29.4 Å². The van der Waals surface area contributed by atoms with Crippen LogP contribution in [0.25, 0.3) is 0 Å². The molecule has 0 radical (unpaired) electrons. The fourth-order valence-electron chi connectivity index (χ4n) is 5.41. The summed E-state index contributed by atoms with van der Waals surface area (Å²) >= 11 is 5.96. The molecular weight excluding hydrogens is 514 g/mol. The third kappa shape index (κ3) is 5.08. The minimum atomic E-state index is -0.105. The zero-order chi connectivity index (χ0) is 27.6. The molecule has 7 heteroatoms. The van der Waals surface area contributed by atoms with Gasteiger partial charge in [-0.2, -0.15) is 0 Å². The number of benzene rings is 2. The summed E-state index contributed by atoms with van der Waals surface area (Å²) < 4.78 is 8.45. The zero-order valence-corrected chi connectivity index (χ0v) is 23.6. The third-order valence-electron chi connectivity index (χ3n) is 7.49. The van der Waals surface area contributed by atoms with Crippen molar-refractivity contribution in [3.8, 4) is 11.5 Å². The van der Waals surface area contributed by atoms with E-state index in [9.17, 15) is 0 Å². The number of aromatic nitrogens is 3. The van der Waals surface area contributed by atoms with Gasteiger partial charge in [-0.15, -0.1) is 0 Å². The predicted molar refractivity (Wildman–Crippen MR) is 163 cm³/mol. The maximum Gasteiger partial charge on any atom is 0.174 e. The highest BCUT2D eigenvalue weighted by molar-refractivity contribution is 7.80. The molecule has 0 spiro atoms. The van der Waals surface area contributed by atoms with Gasteiger partial charge in [-0.25, -0.2) is 0 Å². The topological polar surface area (TPSA) is 55.2 Å². The molecular formula is C33H31N5OS. The Labute approximate surface area is 240 Å². The monoisotopic (exact) mass is 545 g/mol. The molecule has 2 aromatic carbocycles. The summed E-state index contributed by atoms with van der Waals surface area (Å²) in [6.07, 6.45) is 5.52. The van der Waals surface area contributed by atoms with E-state index in [2.05, 4.69) is 76.9 Å². The Morgan fingerprint density at radius 2 is 1.55 bits per heavy atom. The maximum atomic E-state index is 6.09. The largest absolute Gasteiger partial charge is 0.457 e. The molecule has 1 aliphatic heterocycles. The van der Waals surface area contributed by atoms with E-state index in [1.807, 2.05) is 67.1 Å². The van der Waals surface area contributed by atoms with Crippen molar-refractivity contribution in [2.45, 2.75) is 39.4 Å². The van der Waals surface area contributed by atoms with Crippen molar-refractivity contribution in [3.05, 3.63) is 137 Å². The first-order chi connectivity index (χ1) is 19.5. The van der Waals surface area contributed by atoms with Crippen LogP contribution in [0.3, 0.4) is 0 Å². The zero-order valence-electron chi connectivity index (χ0n) is 22.8. The highest BCUT2D eigenvalue weighted by Crippen LogP contribution is 2.43. The first-order valence-corrected chi connectivity index (χ1v) is 13.8. The quantitative estimate of drug-likeness (QED) is 0.218. The molecule has 5 aromatic rings. The number of hydrogen-bond acceptors (Lipinski definition) is 4. The highest BCUT2D eigenvalue weighted by Gasteiger charge is 2.42. The first kappa shape index (κ1) is 25.8. The van der Waals surface area contributed by atoms with Gasteiger partial charge >= 0.3 is 0 Å². The van der Waals surface area contributed by atoms with E-state index < -0.39 is 0 Å². The van der Waals surface area contributed by atoms with Crippen LogP contribution in [-0.2, 0) is 6.54 Å². The van der Waals surface area contributed by atoms with Gasteiger partial charge < -0.3 is 19.5 Å². The molecule has 0 amide bonds. The fourth-order valence-corrected chi connectivity index (χ4v) is 5.75. The average molecular weight is 546 g/mol. The molecule has 0 unspecified atom stereocenters. The van der Waals surface area contributed by atoms with Gasteiger partial charge in [-0.1, -0.05) is 23.8 Å². The van der Waals surface area contributed by atoms with Crippen molar-refractivity contribution in [1.82, 2.24) is 19.9 Å². The summed E-state index contributed by atoms with van der Waals surface area (Å²) in [4.78, 5) is 11.1. The van der Waals surface area contributed by atoms with Gasteiger partial charge in [-0.05, 0) is 111 Å². The van der Waals surface area contributed by atoms with E-state index in [0.29, 0.717) is 5.11 Å². The van der Waals surface area contributed by atoms with E-state index in [1.54, 1.807) is 0 Å². The van der Waals surface area contributed by atoms with Gasteiger partial charge in [0.15, 0.2) is 5.11 Å². The van der Waals surface area contributed by atoms with E-state index >= 15 is 0 Å². The van der Waals surface area contributed by atoms with Crippen LogP contribution >= 0.6 is 12.2 Å². The number of nitrogens with zero attached hydrogens (tertiary/aromatic N) is 4. The summed E-state index contributed by atoms with van der Waals surface area (Å²) in [6, 6.07) is 28.5. The van der Waals surface area contributed by atoms with Crippen LogP contribution in [0.15, 0.2) is 104 Å². The molecule has 6 nitrogen and oxygen atoms in total. The van der Waals surface area contributed by atoms with Gasteiger partial charge in [0.05, 0.1) is 17.8 Å². The molecule has 1 N–H and O–H groups in total. The Bertz CT molecular complexity index is 1620. The molecule has 0 bridgehead atoms. The van der Waals surface area contributed by atoms with Crippen molar-refractivity contribution in [2.75, 3.05) is 4.90 Å². The predicted octanol–water partition coefficient (Wildman–Crippen LogP) is 7.22. The summed E-state index contributed by atoms with van der Waals surface area (Å²) in [5, 5.41) is 4.25. The molecule has 1 aliphatic rings. The molecule has 40 heavy (non-hydrogen) atoms. The van der Waals surface area contributed by atoms with Crippen LogP contribution in [-0.4, -0.2) is 19.6 Å². The molecule has 200 valence electrons. The van der Waals surface area contributed by atoms with Crippen LogP contribution < -0.4 is 15.0 Å². The molecule has 2 atom stereocenters. The number of nitrogens with one attached hydrogen (secondary N) is 1. The van der Waals surface area contributed by atoms with Crippen molar-refractivity contribution in [1.29, 1.82) is 0 Å². The number of anilines is 1. The Kier molecular flexibility index (Phi) is 7.05. The summed E-state index contributed by atoms with van der Waals surface area (Å²) in [5.41, 5.74) is 7.98. The number of hydrogen-bond donors (Lipinski definition) is 1. The molecule has 0 aliphatic carbocycles. The van der Waals surface area contributed by atoms with Gasteiger partial charge in [0.25, 0.3) is 0 Å². The van der Waals surface area contributed by atoms with Crippen molar-refractivity contribution in [2.24, 2.45) is 0 Å². The Morgan fingerprint density at radius 1 is 0.850 bits per heavy atom. The molecule has 1 saturated heterocycles. The Hall–Kier alpha value is -4.49. The van der Waals surface area contributed by atoms with Gasteiger partial charge in [0, 0.05) is 42.2 Å². The third-order valence-corrected chi connectivity index (χ3v) is 7.81. The number of aryl methyl sites for hydroxylation is 2. The van der Waals surface area contributed by atoms with Crippen LogP contribution in [0.5, 0.6) is 11.5 Å². The lowest BCUT2D eigenvalue weighted by atomic mass is 9.96. The van der Waals surface area contributed by atoms with Gasteiger partial charge in [0.1, 0.15) is 11.5 Å². The summed E-state index contributed by atoms with van der Waals surface area (Å²) in [5.74, 6) is 1.59. The summed E-state index contributed by atoms with van der Waals surface area (Å²) in [6.45, 7) is 7.20. The molecule has 6 rings (SSSR count). The fraction of sp³-hybridized carbons (Fsp3) is 0.182. The Morgan fingerprint density at radius 3 is 2.23 bits per heavy atom. The number of pyridine rings is 2. The minimum absolute atomic E-state index is 0.0799. The number of rotatable bonds is 7. The SMILES string of the molecule is Cc1ccc(Oc2ccc(N3C(=S)N[C@H](c4ccccn4)[C@@H]3c3cc(C)n(Cc4ccncc4)c3C)cc2)cc1. The standard InChI is InChI=1S/C33H31N5OS/c1-22-7-11-27(12-8-22)39-28-13-9-26(10-14-28)38-32(31(36-33(38)40)30-6-4-5-17-35-30)29-20-23(2)37(24(29)3)21-25-15-18-34-19-16-25/h4-20,31-32H,21H2,1-3H3,(H,36,40)/t31-,32+/m1/s1. The second-order valence-electron chi connectivity index (χ2n) is 10.2. The number of ether oxygens (including phenoxy) is 1. The van der Waals surface area contributed by atoms with Crippen LogP contribution in [0, 0.1) is 20.8 Å². The van der Waals surface area contributed by atoms with Crippen molar-refractivity contribution in [3.63, 3.8) is 0 Å². The minimum Gasteiger partial charge on any atom is -0.457 e. The highest BCUT2D eigenvalue weighted by atomic mass is 32.1. The first-order valence-electron chi connectivity index (χ1n) is 13.4. The normalized spacial score (nSPS) is 16.7. The molecule has 4 heterocycles. The second kappa shape index (κ2) is 10.9. The van der Waals surface area contributed by atoms with Crippen molar-refractivity contribution >= 4 is 23.0 Å². The second-order valence-corrected chi connectivity index (χ2v) is 10.6. The van der Waals surface area contributed by atoms with Crippen LogP contribution in [0.4, 0.5) is 5.69 Å².